The Labute approximate surface area is 131 Å². The lowest BCUT2D eigenvalue weighted by Crippen LogP contribution is -1.97. The molecule has 0 radical (unpaired) electrons. The summed E-state index contributed by atoms with van der Waals surface area (Å²) in [4.78, 5) is 0.287. The van der Waals surface area contributed by atoms with Crippen molar-refractivity contribution in [1.29, 1.82) is 0 Å². The molecule has 0 aliphatic heterocycles. The van der Waals surface area contributed by atoms with E-state index in [4.69, 9.17) is 0 Å². The van der Waals surface area contributed by atoms with Gasteiger partial charge in [0.1, 0.15) is 0 Å². The van der Waals surface area contributed by atoms with Crippen LogP contribution in [0.4, 0.5) is 0 Å². The summed E-state index contributed by atoms with van der Waals surface area (Å²) >= 11 is 3.66. The first-order valence-electron chi connectivity index (χ1n) is 7.08. The van der Waals surface area contributed by atoms with Crippen molar-refractivity contribution in [3.63, 3.8) is 0 Å². The van der Waals surface area contributed by atoms with Crippen LogP contribution < -0.4 is 0 Å². The highest BCUT2D eigenvalue weighted by Gasteiger charge is 2.10. The first-order valence-corrected chi connectivity index (χ1v) is 9.61. The Kier molecular flexibility index (Phi) is 5.48. The Bertz CT molecular complexity index is 692. The maximum atomic E-state index is 11.5. The molecule has 0 unspecified atom stereocenters. The van der Waals surface area contributed by atoms with Gasteiger partial charge in [0.15, 0.2) is 0 Å². The molecule has 2 aromatic carbocycles. The summed E-state index contributed by atoms with van der Waals surface area (Å²) in [7, 11) is -3.42. The van der Waals surface area contributed by atoms with E-state index >= 15 is 0 Å². The van der Waals surface area contributed by atoms with Crippen molar-refractivity contribution in [3.05, 3.63) is 65.2 Å². The van der Waals surface area contributed by atoms with Gasteiger partial charge in [0, 0.05) is 0 Å². The summed E-state index contributed by atoms with van der Waals surface area (Å²) in [5.41, 5.74) is 3.58. The van der Waals surface area contributed by atoms with E-state index in [1.807, 2.05) is 19.1 Å². The molecule has 2 nitrogen and oxygen atoms in total. The first kappa shape index (κ1) is 16.1. The maximum Gasteiger partial charge on any atom is 0.227 e. The molecule has 0 saturated carbocycles. The number of thiol groups is 1. The van der Waals surface area contributed by atoms with Crippen LogP contribution in [0, 0.1) is 6.92 Å². The second-order valence-electron chi connectivity index (χ2n) is 5.26. The molecule has 0 saturated heterocycles. The maximum absolute atomic E-state index is 11.5. The van der Waals surface area contributed by atoms with Crippen LogP contribution in [-0.2, 0) is 21.7 Å². The van der Waals surface area contributed by atoms with Crippen LogP contribution in [0.5, 0.6) is 0 Å². The molecule has 0 aliphatic carbocycles. The molecule has 0 aromatic heterocycles. The molecule has 2 aromatic rings. The third kappa shape index (κ3) is 4.90. The van der Waals surface area contributed by atoms with E-state index in [0.29, 0.717) is 0 Å². The predicted octanol–water partition coefficient (Wildman–Crippen LogP) is 4.18. The Hall–Kier alpha value is -1.26. The van der Waals surface area contributed by atoms with E-state index in [1.54, 1.807) is 12.1 Å². The summed E-state index contributed by atoms with van der Waals surface area (Å²) in [6.07, 6.45) is 4.10. The first-order chi connectivity index (χ1) is 9.97. The second kappa shape index (κ2) is 7.14. The number of unbranched alkanes of at least 4 members (excludes halogenated alkanes) is 1. The lowest BCUT2D eigenvalue weighted by Gasteiger charge is -2.08. The van der Waals surface area contributed by atoms with Gasteiger partial charge in [-0.2, -0.15) is 0 Å². The summed E-state index contributed by atoms with van der Waals surface area (Å²) in [6, 6.07) is 15.6. The Morgan fingerprint density at radius 3 is 2.29 bits per heavy atom. The second-order valence-corrected chi connectivity index (χ2v) is 8.12. The predicted molar refractivity (Wildman–Crippen MR) is 90.4 cm³/mol. The SMILES string of the molecule is Cc1ccc(S(=O)(=O)S)cc1CCCCc1ccccc1. The van der Waals surface area contributed by atoms with Gasteiger partial charge in [-0.3, -0.25) is 0 Å². The normalized spacial score (nSPS) is 11.5. The van der Waals surface area contributed by atoms with Crippen molar-refractivity contribution in [2.75, 3.05) is 0 Å². The van der Waals surface area contributed by atoms with Crippen LogP contribution in [0.25, 0.3) is 0 Å². The van der Waals surface area contributed by atoms with Gasteiger partial charge in [-0.25, -0.2) is 8.42 Å². The molecule has 0 spiro atoms. The van der Waals surface area contributed by atoms with Crippen LogP contribution in [0.3, 0.4) is 0 Å². The fourth-order valence-electron chi connectivity index (χ4n) is 2.37. The third-order valence-corrected chi connectivity index (χ3v) is 5.10. The van der Waals surface area contributed by atoms with Crippen molar-refractivity contribution in [2.45, 2.75) is 37.5 Å². The largest absolute Gasteiger partial charge is 0.227 e. The van der Waals surface area contributed by atoms with Gasteiger partial charge in [-0.05, 0) is 73.1 Å². The van der Waals surface area contributed by atoms with Crippen LogP contribution in [0.1, 0.15) is 29.5 Å². The Morgan fingerprint density at radius 2 is 1.62 bits per heavy atom. The molecule has 0 fully saturated rings. The molecule has 0 bridgehead atoms. The van der Waals surface area contributed by atoms with Gasteiger partial charge >= 0.3 is 0 Å². The fraction of sp³-hybridized carbons (Fsp3) is 0.294. The lowest BCUT2D eigenvalue weighted by atomic mass is 10.0. The van der Waals surface area contributed by atoms with Crippen molar-refractivity contribution in [2.24, 2.45) is 0 Å². The van der Waals surface area contributed by atoms with E-state index in [9.17, 15) is 8.42 Å². The highest BCUT2D eigenvalue weighted by Crippen LogP contribution is 2.20. The molecule has 0 N–H and O–H groups in total. The number of hydrogen-bond donors (Lipinski definition) is 1. The van der Waals surface area contributed by atoms with E-state index in [1.165, 1.54) is 5.56 Å². The highest BCUT2D eigenvalue weighted by molar-refractivity contribution is 8.63. The fourth-order valence-corrected chi connectivity index (χ4v) is 3.24. The van der Waals surface area contributed by atoms with Crippen molar-refractivity contribution >= 4 is 20.5 Å². The van der Waals surface area contributed by atoms with Gasteiger partial charge in [0.25, 0.3) is 0 Å². The van der Waals surface area contributed by atoms with Gasteiger partial charge in [0.2, 0.25) is 8.87 Å². The van der Waals surface area contributed by atoms with Crippen LogP contribution >= 0.6 is 11.7 Å². The molecular weight excluding hydrogens is 300 g/mol. The lowest BCUT2D eigenvalue weighted by molar-refractivity contribution is 0.610. The van der Waals surface area contributed by atoms with E-state index in [0.717, 1.165) is 36.8 Å². The third-order valence-electron chi connectivity index (χ3n) is 3.62. The minimum absolute atomic E-state index is 0.287. The van der Waals surface area contributed by atoms with Gasteiger partial charge in [0.05, 0.1) is 4.90 Å². The Morgan fingerprint density at radius 1 is 0.952 bits per heavy atom. The molecule has 2 rings (SSSR count). The molecule has 112 valence electrons. The molecule has 4 heteroatoms. The van der Waals surface area contributed by atoms with Crippen LogP contribution in [0.15, 0.2) is 53.4 Å². The summed E-state index contributed by atoms with van der Waals surface area (Å²) in [5, 5.41) is 0. The zero-order valence-electron chi connectivity index (χ0n) is 12.1. The quantitative estimate of drug-likeness (QED) is 0.492. The van der Waals surface area contributed by atoms with E-state index in [-0.39, 0.29) is 4.90 Å². The monoisotopic (exact) mass is 320 g/mol. The molecule has 0 amide bonds. The molecular formula is C17H20O2S2. The van der Waals surface area contributed by atoms with Crippen molar-refractivity contribution in [3.8, 4) is 0 Å². The van der Waals surface area contributed by atoms with E-state index < -0.39 is 8.87 Å². The summed E-state index contributed by atoms with van der Waals surface area (Å²) in [6.45, 7) is 2.02. The van der Waals surface area contributed by atoms with Crippen LogP contribution in [-0.4, -0.2) is 8.42 Å². The molecule has 21 heavy (non-hydrogen) atoms. The summed E-state index contributed by atoms with van der Waals surface area (Å²) < 4.78 is 23.0. The smallest absolute Gasteiger partial charge is 0.212 e. The van der Waals surface area contributed by atoms with Crippen LogP contribution in [0.2, 0.25) is 0 Å². The van der Waals surface area contributed by atoms with E-state index in [2.05, 4.69) is 35.9 Å². The number of benzene rings is 2. The topological polar surface area (TPSA) is 34.1 Å². The molecule has 0 heterocycles. The minimum atomic E-state index is -3.42. The zero-order chi connectivity index (χ0) is 15.3. The minimum Gasteiger partial charge on any atom is -0.212 e. The average molecular weight is 320 g/mol. The number of rotatable bonds is 6. The molecule has 0 atom stereocenters. The van der Waals surface area contributed by atoms with Gasteiger partial charge < -0.3 is 0 Å². The number of hydrogen-bond acceptors (Lipinski definition) is 2. The number of aryl methyl sites for hydroxylation is 3. The standard InChI is InChI=1S/C17H20O2S2/c1-14-11-12-17(21(18,19)20)13-16(14)10-6-5-9-15-7-3-2-4-8-15/h2-4,7-8,11-13H,5-6,9-10H2,1H3,(H,18,19,20). The molecule has 0 aliphatic rings. The van der Waals surface area contributed by atoms with Gasteiger partial charge in [-0.1, -0.05) is 36.4 Å². The zero-order valence-corrected chi connectivity index (χ0v) is 13.8. The van der Waals surface area contributed by atoms with Gasteiger partial charge in [-0.15, -0.1) is 0 Å². The average Bonchev–Trinajstić information content (AvgIpc) is 2.45. The summed E-state index contributed by atoms with van der Waals surface area (Å²) in [5.74, 6) is 0. The van der Waals surface area contributed by atoms with Crippen molar-refractivity contribution < 1.29 is 8.42 Å². The Balaban J connectivity index is 1.94. The highest BCUT2D eigenvalue weighted by atomic mass is 33.1. The van der Waals surface area contributed by atoms with Crippen molar-refractivity contribution in [1.82, 2.24) is 0 Å².